The van der Waals surface area contributed by atoms with Crippen LogP contribution in [0.15, 0.2) is 35.1 Å². The summed E-state index contributed by atoms with van der Waals surface area (Å²) in [7, 11) is 0. The van der Waals surface area contributed by atoms with Gasteiger partial charge in [0.15, 0.2) is 0 Å². The number of fused-ring (bicyclic) bond motifs is 1. The molecule has 1 saturated heterocycles. The zero-order chi connectivity index (χ0) is 18.8. The largest absolute Gasteiger partial charge is 0.378 e. The number of hydrogen-bond donors (Lipinski definition) is 1. The highest BCUT2D eigenvalue weighted by Gasteiger charge is 2.21. The standard InChI is InChI=1S/C20H24N4O3/c1-14(24-19(25)13-15-3-2-4-18(15)22-24)20(26)21-16-5-7-17(8-6-16)23-9-11-27-12-10-23/h5-8,13-14H,2-4,9-12H2,1H3,(H,21,26). The van der Waals surface area contributed by atoms with Gasteiger partial charge in [-0.3, -0.25) is 9.59 Å². The minimum absolute atomic E-state index is 0.221. The number of nitrogens with one attached hydrogen (secondary N) is 1. The van der Waals surface area contributed by atoms with Crippen LogP contribution in [0, 0.1) is 0 Å². The molecule has 1 aromatic carbocycles. The Hall–Kier alpha value is -2.67. The molecule has 0 spiro atoms. The van der Waals surface area contributed by atoms with Gasteiger partial charge in [0.25, 0.3) is 5.56 Å². The summed E-state index contributed by atoms with van der Waals surface area (Å²) in [6.45, 7) is 4.91. The van der Waals surface area contributed by atoms with Crippen LogP contribution in [-0.4, -0.2) is 42.0 Å². The average molecular weight is 368 g/mol. The molecular formula is C20H24N4O3. The van der Waals surface area contributed by atoms with Crippen LogP contribution in [0.5, 0.6) is 0 Å². The fraction of sp³-hybridized carbons (Fsp3) is 0.450. The van der Waals surface area contributed by atoms with Crippen molar-refractivity contribution < 1.29 is 9.53 Å². The highest BCUT2D eigenvalue weighted by atomic mass is 16.5. The normalized spacial score (nSPS) is 17.4. The maximum Gasteiger partial charge on any atom is 0.267 e. The summed E-state index contributed by atoms with van der Waals surface area (Å²) in [6.07, 6.45) is 2.78. The van der Waals surface area contributed by atoms with Crippen molar-refractivity contribution in [3.8, 4) is 0 Å². The first kappa shape index (κ1) is 17.7. The molecule has 27 heavy (non-hydrogen) atoms. The first-order valence-corrected chi connectivity index (χ1v) is 9.47. The van der Waals surface area contributed by atoms with E-state index >= 15 is 0 Å². The number of carbonyl (C=O) groups excluding carboxylic acids is 1. The number of carbonyl (C=O) groups is 1. The fourth-order valence-corrected chi connectivity index (χ4v) is 3.63. The molecule has 7 heteroatoms. The predicted octanol–water partition coefficient (Wildman–Crippen LogP) is 1.77. The molecule has 2 aromatic rings. The van der Waals surface area contributed by atoms with Gasteiger partial charge in [0.2, 0.25) is 5.91 Å². The Morgan fingerprint density at radius 1 is 1.19 bits per heavy atom. The van der Waals surface area contributed by atoms with Gasteiger partial charge in [-0.1, -0.05) is 0 Å². The number of aryl methyl sites for hydroxylation is 2. The van der Waals surface area contributed by atoms with Crippen LogP contribution in [0.3, 0.4) is 0 Å². The Kier molecular flexibility index (Phi) is 4.94. The summed E-state index contributed by atoms with van der Waals surface area (Å²) in [5.74, 6) is -0.248. The lowest BCUT2D eigenvalue weighted by Gasteiger charge is -2.29. The second kappa shape index (κ2) is 7.52. The van der Waals surface area contributed by atoms with Gasteiger partial charge in [-0.25, -0.2) is 4.68 Å². The molecule has 1 N–H and O–H groups in total. The van der Waals surface area contributed by atoms with Crippen LogP contribution in [0.4, 0.5) is 11.4 Å². The van der Waals surface area contributed by atoms with Crippen molar-refractivity contribution in [1.29, 1.82) is 0 Å². The molecule has 0 radical (unpaired) electrons. The van der Waals surface area contributed by atoms with Crippen LogP contribution < -0.4 is 15.8 Å². The molecule has 4 rings (SSSR count). The SMILES string of the molecule is CC(C(=O)Nc1ccc(N2CCOCC2)cc1)n1nc2c(cc1=O)CCC2. The van der Waals surface area contributed by atoms with Crippen molar-refractivity contribution in [2.24, 2.45) is 0 Å². The van der Waals surface area contributed by atoms with E-state index in [2.05, 4.69) is 15.3 Å². The van der Waals surface area contributed by atoms with E-state index in [1.54, 1.807) is 13.0 Å². The summed E-state index contributed by atoms with van der Waals surface area (Å²) in [4.78, 5) is 27.2. The number of anilines is 2. The molecular weight excluding hydrogens is 344 g/mol. The molecule has 7 nitrogen and oxygen atoms in total. The van der Waals surface area contributed by atoms with Crippen molar-refractivity contribution in [2.75, 3.05) is 36.5 Å². The third-order valence-electron chi connectivity index (χ3n) is 5.24. The Morgan fingerprint density at radius 3 is 2.67 bits per heavy atom. The third-order valence-corrected chi connectivity index (χ3v) is 5.24. The van der Waals surface area contributed by atoms with Gasteiger partial charge in [-0.15, -0.1) is 0 Å². The molecule has 1 unspecified atom stereocenters. The first-order valence-electron chi connectivity index (χ1n) is 9.47. The second-order valence-corrected chi connectivity index (χ2v) is 7.06. The molecule has 2 aliphatic rings. The van der Waals surface area contributed by atoms with E-state index in [0.717, 1.165) is 62.5 Å². The van der Waals surface area contributed by atoms with Crippen LogP contribution >= 0.6 is 0 Å². The lowest BCUT2D eigenvalue weighted by atomic mass is 10.2. The van der Waals surface area contributed by atoms with E-state index in [-0.39, 0.29) is 11.5 Å². The topological polar surface area (TPSA) is 76.5 Å². The van der Waals surface area contributed by atoms with E-state index in [1.165, 1.54) is 4.68 Å². The number of nitrogens with zero attached hydrogens (tertiary/aromatic N) is 3. The lowest BCUT2D eigenvalue weighted by molar-refractivity contribution is -0.119. The van der Waals surface area contributed by atoms with Crippen LogP contribution in [0.2, 0.25) is 0 Å². The van der Waals surface area contributed by atoms with E-state index in [1.807, 2.05) is 24.3 Å². The van der Waals surface area contributed by atoms with Gasteiger partial charge in [0.05, 0.1) is 18.9 Å². The van der Waals surface area contributed by atoms with Crippen molar-refractivity contribution >= 4 is 17.3 Å². The quantitative estimate of drug-likeness (QED) is 0.890. The predicted molar refractivity (Wildman–Crippen MR) is 103 cm³/mol. The van der Waals surface area contributed by atoms with Crippen LogP contribution in [-0.2, 0) is 22.4 Å². The zero-order valence-electron chi connectivity index (χ0n) is 15.5. The maximum absolute atomic E-state index is 12.6. The Morgan fingerprint density at radius 2 is 1.93 bits per heavy atom. The molecule has 1 aromatic heterocycles. The average Bonchev–Trinajstić information content (AvgIpc) is 3.15. The van der Waals surface area contributed by atoms with Crippen molar-refractivity contribution in [2.45, 2.75) is 32.2 Å². The second-order valence-electron chi connectivity index (χ2n) is 7.06. The number of ether oxygens (including phenoxy) is 1. The number of hydrogen-bond acceptors (Lipinski definition) is 5. The fourth-order valence-electron chi connectivity index (χ4n) is 3.63. The summed E-state index contributed by atoms with van der Waals surface area (Å²) in [5, 5.41) is 7.30. The zero-order valence-corrected chi connectivity index (χ0v) is 15.5. The molecule has 1 aliphatic heterocycles. The van der Waals surface area contributed by atoms with Crippen molar-refractivity contribution in [1.82, 2.24) is 9.78 Å². The highest BCUT2D eigenvalue weighted by Crippen LogP contribution is 2.21. The van der Waals surface area contributed by atoms with Gasteiger partial charge in [-0.05, 0) is 56.0 Å². The summed E-state index contributed by atoms with van der Waals surface area (Å²) >= 11 is 0. The van der Waals surface area contributed by atoms with Gasteiger partial charge < -0.3 is 15.0 Å². The summed E-state index contributed by atoms with van der Waals surface area (Å²) in [6, 6.07) is 8.71. The molecule has 0 saturated carbocycles. The molecule has 142 valence electrons. The molecule has 1 atom stereocenters. The molecule has 2 heterocycles. The molecule has 1 aliphatic carbocycles. The van der Waals surface area contributed by atoms with E-state index in [4.69, 9.17) is 4.74 Å². The molecule has 1 fully saturated rings. The minimum atomic E-state index is -0.665. The third kappa shape index (κ3) is 3.73. The number of aromatic nitrogens is 2. The van der Waals surface area contributed by atoms with E-state index in [0.29, 0.717) is 5.69 Å². The monoisotopic (exact) mass is 368 g/mol. The van der Waals surface area contributed by atoms with Gasteiger partial charge >= 0.3 is 0 Å². The number of benzene rings is 1. The van der Waals surface area contributed by atoms with Gasteiger partial charge in [0.1, 0.15) is 6.04 Å². The summed E-state index contributed by atoms with van der Waals surface area (Å²) in [5.41, 5.74) is 3.55. The van der Waals surface area contributed by atoms with Crippen molar-refractivity contribution in [3.63, 3.8) is 0 Å². The molecule has 0 bridgehead atoms. The Balaban J connectivity index is 1.45. The minimum Gasteiger partial charge on any atom is -0.378 e. The first-order chi connectivity index (χ1) is 13.1. The smallest absolute Gasteiger partial charge is 0.267 e. The van der Waals surface area contributed by atoms with E-state index in [9.17, 15) is 9.59 Å². The van der Waals surface area contributed by atoms with Crippen LogP contribution in [0.1, 0.15) is 30.6 Å². The number of rotatable bonds is 4. The maximum atomic E-state index is 12.6. The lowest BCUT2D eigenvalue weighted by Crippen LogP contribution is -2.36. The van der Waals surface area contributed by atoms with Crippen molar-refractivity contribution in [3.05, 3.63) is 51.9 Å². The van der Waals surface area contributed by atoms with E-state index < -0.39 is 6.04 Å². The van der Waals surface area contributed by atoms with Gasteiger partial charge in [-0.2, -0.15) is 5.10 Å². The Bertz CT molecular complexity index is 885. The van der Waals surface area contributed by atoms with Gasteiger partial charge in [0, 0.05) is 30.5 Å². The summed E-state index contributed by atoms with van der Waals surface area (Å²) < 4.78 is 6.66. The highest BCUT2D eigenvalue weighted by molar-refractivity contribution is 5.93. The Labute approximate surface area is 157 Å². The van der Waals surface area contributed by atoms with Crippen LogP contribution in [0.25, 0.3) is 0 Å². The number of morpholine rings is 1. The molecule has 1 amide bonds. The number of amides is 1.